The van der Waals surface area contributed by atoms with Crippen LogP contribution in [0.25, 0.3) is 0 Å². The number of ether oxygens (including phenoxy) is 1. The van der Waals surface area contributed by atoms with Crippen LogP contribution >= 0.6 is 0 Å². The zero-order valence-electron chi connectivity index (χ0n) is 17.2. The quantitative estimate of drug-likeness (QED) is 0.732. The Labute approximate surface area is 171 Å². The second-order valence-electron chi connectivity index (χ2n) is 7.29. The lowest BCUT2D eigenvalue weighted by molar-refractivity contribution is 0.0600. The minimum atomic E-state index is -0.429. The predicted octanol–water partition coefficient (Wildman–Crippen LogP) is 3.46. The second-order valence-corrected chi connectivity index (χ2v) is 7.29. The monoisotopic (exact) mass is 396 g/mol. The van der Waals surface area contributed by atoms with Crippen LogP contribution in [0.3, 0.4) is 0 Å². The van der Waals surface area contributed by atoms with Gasteiger partial charge < -0.3 is 25.2 Å². The Balaban J connectivity index is 1.72. The van der Waals surface area contributed by atoms with Crippen molar-refractivity contribution in [3.05, 3.63) is 53.6 Å². The number of hydrogen-bond donors (Lipinski definition) is 2. The Bertz CT molecular complexity index is 876. The molecular weight excluding hydrogens is 368 g/mol. The molecule has 0 aromatic heterocycles. The number of nitrogens with one attached hydrogen (secondary N) is 2. The van der Waals surface area contributed by atoms with E-state index in [1.807, 2.05) is 49.3 Å². The second kappa shape index (κ2) is 9.32. The van der Waals surface area contributed by atoms with Crippen molar-refractivity contribution in [1.82, 2.24) is 5.32 Å². The molecule has 7 nitrogen and oxygen atoms in total. The van der Waals surface area contributed by atoms with Gasteiger partial charge in [0.15, 0.2) is 0 Å². The van der Waals surface area contributed by atoms with E-state index >= 15 is 0 Å². The normalized spacial score (nSPS) is 13.1. The lowest BCUT2D eigenvalue weighted by Gasteiger charge is -2.22. The fourth-order valence-corrected chi connectivity index (χ4v) is 3.41. The number of carbonyl (C=O) groups excluding carboxylic acids is 2. The summed E-state index contributed by atoms with van der Waals surface area (Å²) in [5.74, 6) is -0.429. The summed E-state index contributed by atoms with van der Waals surface area (Å²) in [5.41, 5.74) is 4.01. The third-order valence-electron chi connectivity index (χ3n) is 4.99. The fourth-order valence-electron chi connectivity index (χ4n) is 3.41. The number of anilines is 3. The molecule has 0 saturated carbocycles. The van der Waals surface area contributed by atoms with Gasteiger partial charge in [-0.3, -0.25) is 0 Å². The molecule has 0 bridgehead atoms. The summed E-state index contributed by atoms with van der Waals surface area (Å²) in [7, 11) is 5.30. The van der Waals surface area contributed by atoms with Gasteiger partial charge in [0.05, 0.1) is 24.0 Å². The molecular formula is C22H28N4O3. The van der Waals surface area contributed by atoms with E-state index in [0.29, 0.717) is 17.8 Å². The van der Waals surface area contributed by atoms with Crippen LogP contribution in [-0.2, 0) is 11.3 Å². The van der Waals surface area contributed by atoms with Crippen molar-refractivity contribution in [2.45, 2.75) is 19.4 Å². The highest BCUT2D eigenvalue weighted by molar-refractivity contribution is 5.97. The van der Waals surface area contributed by atoms with Crippen LogP contribution in [0.5, 0.6) is 0 Å². The average molecular weight is 396 g/mol. The van der Waals surface area contributed by atoms with Crippen LogP contribution in [0, 0.1) is 0 Å². The largest absolute Gasteiger partial charge is 0.465 e. The van der Waals surface area contributed by atoms with Gasteiger partial charge in [-0.25, -0.2) is 9.59 Å². The van der Waals surface area contributed by atoms with Crippen LogP contribution in [0.4, 0.5) is 21.9 Å². The molecule has 2 aromatic carbocycles. The summed E-state index contributed by atoms with van der Waals surface area (Å²) in [5, 5.41) is 5.80. The number of nitrogens with zero attached hydrogens (tertiary/aromatic N) is 2. The fraction of sp³-hybridized carbons (Fsp3) is 0.364. The van der Waals surface area contributed by atoms with Crippen LogP contribution in [0.15, 0.2) is 42.5 Å². The molecule has 1 saturated heterocycles. The molecule has 29 heavy (non-hydrogen) atoms. The van der Waals surface area contributed by atoms with Gasteiger partial charge in [-0.1, -0.05) is 12.1 Å². The lowest BCUT2D eigenvalue weighted by atomic mass is 10.1. The number of rotatable bonds is 6. The van der Waals surface area contributed by atoms with Crippen molar-refractivity contribution in [2.75, 3.05) is 49.4 Å². The molecule has 1 heterocycles. The Morgan fingerprint density at radius 3 is 2.55 bits per heavy atom. The van der Waals surface area contributed by atoms with E-state index in [9.17, 15) is 9.59 Å². The summed E-state index contributed by atoms with van der Waals surface area (Å²) >= 11 is 0. The zero-order chi connectivity index (χ0) is 20.8. The third-order valence-corrected chi connectivity index (χ3v) is 4.99. The van der Waals surface area contributed by atoms with E-state index in [0.717, 1.165) is 42.9 Å². The standard InChI is InChI=1S/C22H28N4O3/c1-25(2)18-8-6-7-16(13-18)15-23-22(28)24-19-14-17(21(27)29-3)9-10-20(19)26-11-4-5-12-26/h6-10,13-14H,4-5,11-12,15H2,1-3H3,(H2,23,24,28). The molecule has 3 rings (SSSR count). The first kappa shape index (κ1) is 20.5. The highest BCUT2D eigenvalue weighted by Crippen LogP contribution is 2.30. The van der Waals surface area contributed by atoms with Crippen molar-refractivity contribution in [3.8, 4) is 0 Å². The number of methoxy groups -OCH3 is 1. The minimum Gasteiger partial charge on any atom is -0.465 e. The summed E-state index contributed by atoms with van der Waals surface area (Å²) in [6.45, 7) is 2.28. The van der Waals surface area contributed by atoms with Gasteiger partial charge in [0.25, 0.3) is 0 Å². The van der Waals surface area contributed by atoms with E-state index in [1.54, 1.807) is 12.1 Å². The Morgan fingerprint density at radius 2 is 1.86 bits per heavy atom. The Hall–Kier alpha value is -3.22. The Morgan fingerprint density at radius 1 is 1.10 bits per heavy atom. The zero-order valence-corrected chi connectivity index (χ0v) is 17.2. The predicted molar refractivity (Wildman–Crippen MR) is 116 cm³/mol. The first-order chi connectivity index (χ1) is 14.0. The molecule has 0 unspecified atom stereocenters. The first-order valence-electron chi connectivity index (χ1n) is 9.76. The maximum atomic E-state index is 12.6. The molecule has 0 spiro atoms. The first-order valence-corrected chi connectivity index (χ1v) is 9.76. The molecule has 154 valence electrons. The van der Waals surface area contributed by atoms with Gasteiger partial charge >= 0.3 is 12.0 Å². The number of carbonyl (C=O) groups is 2. The van der Waals surface area contributed by atoms with Gasteiger partial charge in [0.2, 0.25) is 0 Å². The molecule has 0 atom stereocenters. The molecule has 2 N–H and O–H groups in total. The summed E-state index contributed by atoms with van der Waals surface area (Å²) in [6, 6.07) is 13.0. The summed E-state index contributed by atoms with van der Waals surface area (Å²) in [6.07, 6.45) is 2.24. The van der Waals surface area contributed by atoms with Crippen LogP contribution in [0.2, 0.25) is 0 Å². The van der Waals surface area contributed by atoms with Crippen molar-refractivity contribution in [3.63, 3.8) is 0 Å². The summed E-state index contributed by atoms with van der Waals surface area (Å²) in [4.78, 5) is 28.7. The van der Waals surface area contributed by atoms with Gasteiger partial charge in [0.1, 0.15) is 0 Å². The average Bonchev–Trinajstić information content (AvgIpc) is 3.26. The molecule has 2 amide bonds. The van der Waals surface area contributed by atoms with Crippen LogP contribution in [-0.4, -0.2) is 46.3 Å². The number of esters is 1. The van der Waals surface area contributed by atoms with Gasteiger partial charge in [-0.05, 0) is 48.7 Å². The van der Waals surface area contributed by atoms with Crippen molar-refractivity contribution in [2.24, 2.45) is 0 Å². The van der Waals surface area contributed by atoms with Crippen LogP contribution in [0.1, 0.15) is 28.8 Å². The maximum Gasteiger partial charge on any atom is 0.337 e. The van der Waals surface area contributed by atoms with E-state index in [4.69, 9.17) is 4.74 Å². The molecule has 1 aliphatic rings. The van der Waals surface area contributed by atoms with Gasteiger partial charge in [-0.2, -0.15) is 0 Å². The maximum absolute atomic E-state index is 12.6. The van der Waals surface area contributed by atoms with E-state index in [1.165, 1.54) is 7.11 Å². The van der Waals surface area contributed by atoms with Crippen LogP contribution < -0.4 is 20.4 Å². The Kier molecular flexibility index (Phi) is 6.59. The lowest BCUT2D eigenvalue weighted by Crippen LogP contribution is -2.29. The number of amides is 2. The number of hydrogen-bond acceptors (Lipinski definition) is 5. The minimum absolute atomic E-state index is 0.317. The van der Waals surface area contributed by atoms with E-state index < -0.39 is 5.97 Å². The SMILES string of the molecule is COC(=O)c1ccc(N2CCCC2)c(NC(=O)NCc2cccc(N(C)C)c2)c1. The molecule has 1 fully saturated rings. The van der Waals surface area contributed by atoms with Crippen molar-refractivity contribution in [1.29, 1.82) is 0 Å². The third kappa shape index (κ3) is 5.19. The smallest absolute Gasteiger partial charge is 0.337 e. The topological polar surface area (TPSA) is 73.9 Å². The molecule has 1 aliphatic heterocycles. The van der Waals surface area contributed by atoms with Gasteiger partial charge in [0, 0.05) is 39.4 Å². The number of benzene rings is 2. The van der Waals surface area contributed by atoms with Gasteiger partial charge in [-0.15, -0.1) is 0 Å². The summed E-state index contributed by atoms with van der Waals surface area (Å²) < 4.78 is 4.81. The van der Waals surface area contributed by atoms with E-state index in [-0.39, 0.29) is 6.03 Å². The van der Waals surface area contributed by atoms with Crippen molar-refractivity contribution >= 4 is 29.1 Å². The molecule has 0 radical (unpaired) electrons. The highest BCUT2D eigenvalue weighted by atomic mass is 16.5. The molecule has 0 aliphatic carbocycles. The molecule has 2 aromatic rings. The van der Waals surface area contributed by atoms with Crippen molar-refractivity contribution < 1.29 is 14.3 Å². The number of urea groups is 1. The molecule has 7 heteroatoms. The highest BCUT2D eigenvalue weighted by Gasteiger charge is 2.19. The van der Waals surface area contributed by atoms with E-state index in [2.05, 4.69) is 15.5 Å².